The van der Waals surface area contributed by atoms with Crippen molar-refractivity contribution in [3.63, 3.8) is 0 Å². The van der Waals surface area contributed by atoms with Gasteiger partial charge in [-0.1, -0.05) is 10.3 Å². The molecule has 1 atom stereocenters. The molecule has 1 aliphatic heterocycles. The lowest BCUT2D eigenvalue weighted by atomic mass is 10.5. The Hall–Kier alpha value is -1.02. The number of amides is 1. The molecule has 0 radical (unpaired) electrons. The summed E-state index contributed by atoms with van der Waals surface area (Å²) in [6, 6.07) is 0. The van der Waals surface area contributed by atoms with Crippen molar-refractivity contribution >= 4 is 21.3 Å². The van der Waals surface area contributed by atoms with Gasteiger partial charge in [0.15, 0.2) is 10.7 Å². The zero-order valence-electron chi connectivity index (χ0n) is 7.96. The van der Waals surface area contributed by atoms with Crippen molar-refractivity contribution in [2.75, 3.05) is 13.4 Å². The molecule has 0 aliphatic carbocycles. The second kappa shape index (κ2) is 3.53. The third-order valence-electron chi connectivity index (χ3n) is 1.79. The van der Waals surface area contributed by atoms with Gasteiger partial charge in [0.2, 0.25) is 0 Å². The summed E-state index contributed by atoms with van der Waals surface area (Å²) in [7, 11) is -1.21. The monoisotopic (exact) mass is 242 g/mol. The summed E-state index contributed by atoms with van der Waals surface area (Å²) >= 11 is 0. The lowest BCUT2D eigenvalue weighted by Crippen LogP contribution is -2.26. The molecule has 1 aliphatic rings. The van der Waals surface area contributed by atoms with Crippen molar-refractivity contribution in [1.29, 1.82) is 0 Å². The predicted molar refractivity (Wildman–Crippen MR) is 51.3 cm³/mol. The fourth-order valence-corrected chi connectivity index (χ4v) is 2.66. The minimum absolute atomic E-state index is 0.364. The van der Waals surface area contributed by atoms with Gasteiger partial charge in [0.05, 0.1) is 0 Å². The number of allylic oxidation sites excluding steroid dienone is 1. The molecule has 0 aromatic rings. The molecular weight excluding hydrogens is 233 g/mol. The number of alkyl halides is 3. The lowest BCUT2D eigenvalue weighted by molar-refractivity contribution is -0.111. The molecule has 15 heavy (non-hydrogen) atoms. The number of carbonyl (C=O) groups is 1. The Morgan fingerprint density at radius 3 is 2.40 bits per heavy atom. The molecule has 1 rings (SSSR count). The third-order valence-corrected chi connectivity index (χ3v) is 4.22. The molecule has 0 bridgehead atoms. The van der Waals surface area contributed by atoms with Gasteiger partial charge in [-0.15, -0.1) is 0 Å². The minimum atomic E-state index is -4.59. The van der Waals surface area contributed by atoms with Crippen molar-refractivity contribution in [2.24, 2.45) is 10.7 Å². The minimum Gasteiger partial charge on any atom is -0.364 e. The second-order valence-corrected chi connectivity index (χ2v) is 5.62. The van der Waals surface area contributed by atoms with Crippen LogP contribution in [0.3, 0.4) is 0 Å². The summed E-state index contributed by atoms with van der Waals surface area (Å²) < 4.78 is 41.8. The molecule has 0 saturated heterocycles. The first-order chi connectivity index (χ1) is 6.70. The highest BCUT2D eigenvalue weighted by molar-refractivity contribution is 8.45. The van der Waals surface area contributed by atoms with E-state index < -0.39 is 28.1 Å². The number of hydrogen-bond donors (Lipinski definition) is 1. The molecule has 1 unspecified atom stereocenters. The van der Waals surface area contributed by atoms with Crippen molar-refractivity contribution in [3.8, 4) is 0 Å². The lowest BCUT2D eigenvalue weighted by Gasteiger charge is -2.25. The van der Waals surface area contributed by atoms with Gasteiger partial charge in [0.1, 0.15) is 0 Å². The van der Waals surface area contributed by atoms with Crippen LogP contribution < -0.4 is 5.73 Å². The van der Waals surface area contributed by atoms with E-state index in [0.717, 1.165) is 5.41 Å². The van der Waals surface area contributed by atoms with Crippen molar-refractivity contribution in [2.45, 2.75) is 6.18 Å². The van der Waals surface area contributed by atoms with Crippen LogP contribution in [0, 0.1) is 0 Å². The maximum atomic E-state index is 12.3. The van der Waals surface area contributed by atoms with E-state index in [-0.39, 0.29) is 5.04 Å². The predicted octanol–water partition coefficient (Wildman–Crippen LogP) is 1.28. The number of rotatable bonds is 2. The summed E-state index contributed by atoms with van der Waals surface area (Å²) in [4.78, 5) is 14.1. The van der Waals surface area contributed by atoms with Gasteiger partial charge in [0, 0.05) is 12.5 Å². The Balaban J connectivity index is 3.18. The van der Waals surface area contributed by atoms with Gasteiger partial charge in [-0.25, -0.2) is 4.99 Å². The number of aliphatic imine (C=N–C) groups is 1. The third kappa shape index (κ3) is 2.15. The number of nitrogens with zero attached hydrogens (tertiary/aromatic N) is 1. The molecule has 0 aromatic heterocycles. The standard InChI is InChI=1S/C7H9F3N2O2S/c1-14-15(2)3-4(7(8,9)10)12-6(15)5(11)13/h3H,1-2H3,(H2,11,13). The van der Waals surface area contributed by atoms with E-state index in [4.69, 9.17) is 9.92 Å². The second-order valence-electron chi connectivity index (χ2n) is 2.85. The topological polar surface area (TPSA) is 64.7 Å². The van der Waals surface area contributed by atoms with Gasteiger partial charge in [-0.05, 0) is 6.26 Å². The molecule has 0 aromatic carbocycles. The first-order valence-corrected chi connectivity index (χ1v) is 5.75. The molecule has 0 saturated carbocycles. The summed E-state index contributed by atoms with van der Waals surface area (Å²) in [5.41, 5.74) is 3.80. The first kappa shape index (κ1) is 12.1. The number of hydrogen-bond acceptors (Lipinski definition) is 3. The summed E-state index contributed by atoms with van der Waals surface area (Å²) in [5.74, 6) is -0.996. The van der Waals surface area contributed by atoms with Gasteiger partial charge < -0.3 is 9.92 Å². The zero-order valence-corrected chi connectivity index (χ0v) is 8.78. The fraction of sp³-hybridized carbons (Fsp3) is 0.429. The van der Waals surface area contributed by atoms with Crippen LogP contribution in [0.15, 0.2) is 16.1 Å². The van der Waals surface area contributed by atoms with Crippen LogP contribution in [0.5, 0.6) is 0 Å². The fourth-order valence-electron chi connectivity index (χ4n) is 1.01. The van der Waals surface area contributed by atoms with Crippen LogP contribution >= 0.6 is 10.3 Å². The van der Waals surface area contributed by atoms with Crippen LogP contribution in [0.1, 0.15) is 0 Å². The Bertz CT molecular complexity index is 364. The highest BCUT2D eigenvalue weighted by atomic mass is 32.3. The molecule has 1 heterocycles. The summed E-state index contributed by atoms with van der Waals surface area (Å²) in [5, 5.41) is 0.449. The Kier molecular flexibility index (Phi) is 2.83. The van der Waals surface area contributed by atoms with E-state index in [0.29, 0.717) is 0 Å². The summed E-state index contributed by atoms with van der Waals surface area (Å²) in [6.45, 7) is 0. The zero-order chi connectivity index (χ0) is 11.9. The maximum absolute atomic E-state index is 12.3. The smallest absolute Gasteiger partial charge is 0.364 e. The molecule has 2 N–H and O–H groups in total. The van der Waals surface area contributed by atoms with Crippen LogP contribution in [-0.2, 0) is 8.98 Å². The first-order valence-electron chi connectivity index (χ1n) is 3.72. The van der Waals surface area contributed by atoms with Crippen LogP contribution in [0.4, 0.5) is 13.2 Å². The van der Waals surface area contributed by atoms with E-state index >= 15 is 0 Å². The Labute approximate surface area is 85.5 Å². The molecule has 86 valence electrons. The van der Waals surface area contributed by atoms with Crippen LogP contribution in [0.2, 0.25) is 0 Å². The largest absolute Gasteiger partial charge is 0.433 e. The number of halogens is 3. The van der Waals surface area contributed by atoms with Crippen molar-refractivity contribution in [3.05, 3.63) is 11.1 Å². The van der Waals surface area contributed by atoms with Gasteiger partial charge in [0.25, 0.3) is 5.91 Å². The SMILES string of the molecule is COS1(C)C=C(C(F)(F)F)N=C1C(N)=O. The van der Waals surface area contributed by atoms with Crippen molar-refractivity contribution < 1.29 is 22.1 Å². The number of primary amides is 1. The molecule has 8 heteroatoms. The number of carbonyl (C=O) groups excluding carboxylic acids is 1. The van der Waals surface area contributed by atoms with E-state index in [1.807, 2.05) is 0 Å². The highest BCUT2D eigenvalue weighted by Crippen LogP contribution is 2.54. The molecule has 0 spiro atoms. The van der Waals surface area contributed by atoms with Gasteiger partial charge in [-0.2, -0.15) is 13.2 Å². The molecule has 0 fully saturated rings. The van der Waals surface area contributed by atoms with E-state index in [2.05, 4.69) is 4.99 Å². The highest BCUT2D eigenvalue weighted by Gasteiger charge is 2.43. The molecule has 1 amide bonds. The Morgan fingerprint density at radius 1 is 1.60 bits per heavy atom. The molecule has 4 nitrogen and oxygen atoms in total. The van der Waals surface area contributed by atoms with Crippen LogP contribution in [0.25, 0.3) is 0 Å². The molecular formula is C7H9F3N2O2S. The Morgan fingerprint density at radius 2 is 2.13 bits per heavy atom. The average molecular weight is 242 g/mol. The number of nitrogens with two attached hydrogens (primary N) is 1. The van der Waals surface area contributed by atoms with Crippen LogP contribution in [-0.4, -0.2) is 30.5 Å². The van der Waals surface area contributed by atoms with Gasteiger partial charge >= 0.3 is 6.18 Å². The quantitative estimate of drug-likeness (QED) is 0.792. The normalized spacial score (nSPS) is 30.5. The summed E-state index contributed by atoms with van der Waals surface area (Å²) in [6.07, 6.45) is -3.22. The maximum Gasteiger partial charge on any atom is 0.433 e. The van der Waals surface area contributed by atoms with E-state index in [1.54, 1.807) is 0 Å². The van der Waals surface area contributed by atoms with Gasteiger partial charge in [-0.3, -0.25) is 4.79 Å². The van der Waals surface area contributed by atoms with E-state index in [9.17, 15) is 18.0 Å². The van der Waals surface area contributed by atoms with Crippen molar-refractivity contribution in [1.82, 2.24) is 0 Å². The average Bonchev–Trinajstić information content (AvgIpc) is 2.43. The van der Waals surface area contributed by atoms with E-state index in [1.165, 1.54) is 13.4 Å².